The Balaban J connectivity index is 1.47. The summed E-state index contributed by atoms with van der Waals surface area (Å²) in [6, 6.07) is 8.44. The highest BCUT2D eigenvalue weighted by Crippen LogP contribution is 2.33. The van der Waals surface area contributed by atoms with E-state index in [4.69, 9.17) is 4.74 Å². The van der Waals surface area contributed by atoms with Crippen molar-refractivity contribution >= 4 is 11.9 Å². The minimum absolute atomic E-state index is 0.0278. The van der Waals surface area contributed by atoms with Crippen molar-refractivity contribution in [2.24, 2.45) is 5.92 Å². The zero-order valence-corrected chi connectivity index (χ0v) is 17.3. The van der Waals surface area contributed by atoms with Gasteiger partial charge in [0.25, 0.3) is 5.91 Å². The van der Waals surface area contributed by atoms with Gasteiger partial charge >= 0.3 is 5.97 Å². The van der Waals surface area contributed by atoms with Crippen LogP contribution in [0.5, 0.6) is 0 Å². The van der Waals surface area contributed by atoms with Gasteiger partial charge in [-0.3, -0.25) is 9.59 Å². The Labute approximate surface area is 168 Å². The van der Waals surface area contributed by atoms with E-state index in [2.05, 4.69) is 29.7 Å². The molecule has 2 aliphatic rings. The average Bonchev–Trinajstić information content (AvgIpc) is 2.73. The smallest absolute Gasteiger partial charge is 0.305 e. The van der Waals surface area contributed by atoms with Gasteiger partial charge < -0.3 is 15.4 Å². The van der Waals surface area contributed by atoms with Crippen molar-refractivity contribution in [2.45, 2.75) is 69.7 Å². The van der Waals surface area contributed by atoms with Crippen LogP contribution in [0.25, 0.3) is 0 Å². The van der Waals surface area contributed by atoms with Crippen LogP contribution in [0.4, 0.5) is 0 Å². The first kappa shape index (κ1) is 20.8. The SMILES string of the molecule is COC(=O)CCC1CCC(NC(=O)c2ccc(C3(C)CCNCC3)cc2)CC1. The third kappa shape index (κ3) is 5.34. The fourth-order valence-electron chi connectivity index (χ4n) is 4.58. The van der Waals surface area contributed by atoms with Gasteiger partial charge in [0.1, 0.15) is 0 Å². The van der Waals surface area contributed by atoms with Gasteiger partial charge in [-0.1, -0.05) is 19.1 Å². The minimum Gasteiger partial charge on any atom is -0.469 e. The Kier molecular flexibility index (Phi) is 7.11. The second-order valence-corrected chi connectivity index (χ2v) is 8.69. The maximum Gasteiger partial charge on any atom is 0.305 e. The van der Waals surface area contributed by atoms with Crippen LogP contribution in [-0.4, -0.2) is 38.1 Å². The van der Waals surface area contributed by atoms with Gasteiger partial charge in [0.15, 0.2) is 0 Å². The van der Waals surface area contributed by atoms with Crippen molar-refractivity contribution in [3.63, 3.8) is 0 Å². The predicted octanol–water partition coefficient (Wildman–Crippen LogP) is 3.57. The van der Waals surface area contributed by atoms with E-state index in [1.807, 2.05) is 12.1 Å². The van der Waals surface area contributed by atoms with Crippen LogP contribution in [0, 0.1) is 5.92 Å². The van der Waals surface area contributed by atoms with E-state index in [-0.39, 0.29) is 23.3 Å². The lowest BCUT2D eigenvalue weighted by Crippen LogP contribution is -2.38. The Bertz CT molecular complexity index is 657. The number of piperidine rings is 1. The number of rotatable bonds is 6. The molecule has 1 aliphatic carbocycles. The topological polar surface area (TPSA) is 67.4 Å². The molecule has 1 saturated carbocycles. The molecule has 0 spiro atoms. The first-order chi connectivity index (χ1) is 13.5. The third-order valence-corrected chi connectivity index (χ3v) is 6.72. The highest BCUT2D eigenvalue weighted by atomic mass is 16.5. The number of methoxy groups -OCH3 is 1. The van der Waals surface area contributed by atoms with E-state index in [0.717, 1.165) is 63.6 Å². The molecule has 5 nitrogen and oxygen atoms in total. The second kappa shape index (κ2) is 9.55. The zero-order valence-electron chi connectivity index (χ0n) is 17.3. The van der Waals surface area contributed by atoms with Crippen molar-refractivity contribution in [1.29, 1.82) is 0 Å². The van der Waals surface area contributed by atoms with Crippen LogP contribution in [0.1, 0.15) is 74.2 Å². The molecule has 0 bridgehead atoms. The van der Waals surface area contributed by atoms with Gasteiger partial charge in [-0.15, -0.1) is 0 Å². The minimum atomic E-state index is -0.128. The van der Waals surface area contributed by atoms with Gasteiger partial charge in [0.2, 0.25) is 0 Å². The highest BCUT2D eigenvalue weighted by Gasteiger charge is 2.29. The van der Waals surface area contributed by atoms with Crippen molar-refractivity contribution in [3.05, 3.63) is 35.4 Å². The lowest BCUT2D eigenvalue weighted by molar-refractivity contribution is -0.141. The normalized spacial score (nSPS) is 24.4. The summed E-state index contributed by atoms with van der Waals surface area (Å²) in [5.74, 6) is 0.467. The molecule has 5 heteroatoms. The van der Waals surface area contributed by atoms with Crippen LogP contribution in [0.15, 0.2) is 24.3 Å². The molecule has 1 amide bonds. The molecule has 1 aromatic carbocycles. The molecule has 0 atom stereocenters. The first-order valence-electron chi connectivity index (χ1n) is 10.7. The van der Waals surface area contributed by atoms with E-state index in [1.165, 1.54) is 12.7 Å². The maximum atomic E-state index is 12.6. The molecular formula is C23H34N2O3. The summed E-state index contributed by atoms with van der Waals surface area (Å²) >= 11 is 0. The lowest BCUT2D eigenvalue weighted by Gasteiger charge is -2.34. The number of esters is 1. The number of carbonyl (C=O) groups is 2. The Hall–Kier alpha value is -1.88. The van der Waals surface area contributed by atoms with Gasteiger partial charge in [-0.05, 0) is 87.1 Å². The van der Waals surface area contributed by atoms with Crippen LogP contribution < -0.4 is 10.6 Å². The summed E-state index contributed by atoms with van der Waals surface area (Å²) in [4.78, 5) is 23.9. The van der Waals surface area contributed by atoms with Crippen LogP contribution in [0.3, 0.4) is 0 Å². The number of carbonyl (C=O) groups excluding carboxylic acids is 2. The van der Waals surface area contributed by atoms with Crippen LogP contribution in [0.2, 0.25) is 0 Å². The largest absolute Gasteiger partial charge is 0.469 e. The highest BCUT2D eigenvalue weighted by molar-refractivity contribution is 5.94. The molecule has 28 heavy (non-hydrogen) atoms. The third-order valence-electron chi connectivity index (χ3n) is 6.72. The summed E-state index contributed by atoms with van der Waals surface area (Å²) in [6.07, 6.45) is 7.76. The standard InChI is InChI=1S/C23H34N2O3/c1-23(13-15-24-16-14-23)19-8-6-18(7-9-19)22(27)25-20-10-3-17(4-11-20)5-12-21(26)28-2/h6-9,17,20,24H,3-5,10-16H2,1-2H3,(H,25,27). The van der Waals surface area contributed by atoms with E-state index in [0.29, 0.717) is 12.3 Å². The summed E-state index contributed by atoms with van der Waals surface area (Å²) in [5, 5.41) is 6.62. The maximum absolute atomic E-state index is 12.6. The second-order valence-electron chi connectivity index (χ2n) is 8.69. The first-order valence-corrected chi connectivity index (χ1v) is 10.7. The molecule has 2 fully saturated rings. The molecule has 1 saturated heterocycles. The van der Waals surface area contributed by atoms with Gasteiger partial charge in [-0.2, -0.15) is 0 Å². The average molecular weight is 387 g/mol. The molecule has 3 rings (SSSR count). The fourth-order valence-corrected chi connectivity index (χ4v) is 4.58. The number of hydrogen-bond acceptors (Lipinski definition) is 4. The van der Waals surface area contributed by atoms with Gasteiger partial charge in [-0.25, -0.2) is 0 Å². The molecule has 1 aliphatic heterocycles. The summed E-state index contributed by atoms with van der Waals surface area (Å²) in [7, 11) is 1.44. The zero-order chi connectivity index (χ0) is 20.0. The van der Waals surface area contributed by atoms with Gasteiger partial charge in [0.05, 0.1) is 7.11 Å². The number of amides is 1. The summed E-state index contributed by atoms with van der Waals surface area (Å²) in [5.41, 5.74) is 2.29. The number of hydrogen-bond donors (Lipinski definition) is 2. The molecule has 1 heterocycles. The van der Waals surface area contributed by atoms with E-state index in [9.17, 15) is 9.59 Å². The Morgan fingerprint density at radius 1 is 1.11 bits per heavy atom. The monoisotopic (exact) mass is 386 g/mol. The van der Waals surface area contributed by atoms with Crippen LogP contribution >= 0.6 is 0 Å². The van der Waals surface area contributed by atoms with E-state index in [1.54, 1.807) is 0 Å². The van der Waals surface area contributed by atoms with Crippen molar-refractivity contribution in [1.82, 2.24) is 10.6 Å². The summed E-state index contributed by atoms with van der Waals surface area (Å²) in [6.45, 7) is 4.43. The lowest BCUT2D eigenvalue weighted by atomic mass is 9.75. The molecule has 154 valence electrons. The van der Waals surface area contributed by atoms with Crippen molar-refractivity contribution < 1.29 is 14.3 Å². The summed E-state index contributed by atoms with van der Waals surface area (Å²) < 4.78 is 4.72. The Morgan fingerprint density at radius 2 is 1.75 bits per heavy atom. The van der Waals surface area contributed by atoms with Gasteiger partial charge in [0, 0.05) is 18.0 Å². The molecule has 0 unspecified atom stereocenters. The van der Waals surface area contributed by atoms with Crippen molar-refractivity contribution in [2.75, 3.05) is 20.2 Å². The van der Waals surface area contributed by atoms with E-state index >= 15 is 0 Å². The molecule has 0 radical (unpaired) electrons. The van der Waals surface area contributed by atoms with E-state index < -0.39 is 0 Å². The molecule has 1 aromatic rings. The van der Waals surface area contributed by atoms with Crippen molar-refractivity contribution in [3.8, 4) is 0 Å². The predicted molar refractivity (Wildman–Crippen MR) is 110 cm³/mol. The number of benzene rings is 1. The molecule has 2 N–H and O–H groups in total. The number of nitrogens with one attached hydrogen (secondary N) is 2. The fraction of sp³-hybridized carbons (Fsp3) is 0.652. The van der Waals surface area contributed by atoms with Crippen LogP contribution in [-0.2, 0) is 14.9 Å². The Morgan fingerprint density at radius 3 is 2.36 bits per heavy atom. The number of ether oxygens (including phenoxy) is 1. The quantitative estimate of drug-likeness (QED) is 0.734. The molecule has 0 aromatic heterocycles. The molecular weight excluding hydrogens is 352 g/mol.